The van der Waals surface area contributed by atoms with Crippen molar-refractivity contribution in [3.63, 3.8) is 0 Å². The predicted octanol–water partition coefficient (Wildman–Crippen LogP) is 0.749. The van der Waals surface area contributed by atoms with E-state index in [-0.39, 0.29) is 11.3 Å². The van der Waals surface area contributed by atoms with E-state index in [1.165, 1.54) is 17.2 Å². The molecule has 0 aliphatic carbocycles. The summed E-state index contributed by atoms with van der Waals surface area (Å²) in [5.74, 6) is 0.0743. The molecule has 0 spiro atoms. The van der Waals surface area contributed by atoms with Crippen LogP contribution in [0.5, 0.6) is 0 Å². The van der Waals surface area contributed by atoms with Gasteiger partial charge in [-0.3, -0.25) is 9.36 Å². The molecule has 0 aliphatic rings. The Morgan fingerprint density at radius 1 is 1.50 bits per heavy atom. The van der Waals surface area contributed by atoms with Crippen molar-refractivity contribution in [3.05, 3.63) is 26.8 Å². The normalized spacial score (nSPS) is 11.7. The number of nitrogens with zero attached hydrogens (tertiary/aromatic N) is 2. The standard InChI is InChI=1S/C9H13BrN2O3S/c1-7-8(10)9(13)12(6-11-7)4-3-5-16(2,14)15/h6H,3-5H2,1-2H3. The first-order chi connectivity index (χ1) is 7.31. The Morgan fingerprint density at radius 3 is 2.69 bits per heavy atom. The molecule has 0 N–H and O–H groups in total. The lowest BCUT2D eigenvalue weighted by atomic mass is 10.4. The summed E-state index contributed by atoms with van der Waals surface area (Å²) in [7, 11) is -2.97. The maximum atomic E-state index is 11.7. The van der Waals surface area contributed by atoms with Crippen molar-refractivity contribution in [2.24, 2.45) is 0 Å². The molecule has 1 aromatic heterocycles. The van der Waals surface area contributed by atoms with Gasteiger partial charge in [0.2, 0.25) is 0 Å². The highest BCUT2D eigenvalue weighted by Crippen LogP contribution is 2.06. The van der Waals surface area contributed by atoms with Gasteiger partial charge in [-0.05, 0) is 29.3 Å². The molecule has 0 saturated heterocycles. The fourth-order valence-electron chi connectivity index (χ4n) is 1.20. The first-order valence-electron chi connectivity index (χ1n) is 4.70. The lowest BCUT2D eigenvalue weighted by Gasteiger charge is -2.06. The van der Waals surface area contributed by atoms with E-state index in [9.17, 15) is 13.2 Å². The fourth-order valence-corrected chi connectivity index (χ4v) is 2.19. The molecule has 90 valence electrons. The lowest BCUT2D eigenvalue weighted by Crippen LogP contribution is -2.23. The van der Waals surface area contributed by atoms with E-state index >= 15 is 0 Å². The third kappa shape index (κ3) is 3.71. The Labute approximate surface area is 103 Å². The summed E-state index contributed by atoms with van der Waals surface area (Å²) in [5.41, 5.74) is 0.449. The number of halogens is 1. The highest BCUT2D eigenvalue weighted by molar-refractivity contribution is 9.10. The third-order valence-corrected chi connectivity index (χ3v) is 4.01. The van der Waals surface area contributed by atoms with Crippen LogP contribution in [-0.2, 0) is 16.4 Å². The topological polar surface area (TPSA) is 69.0 Å². The molecule has 0 aliphatic heterocycles. The minimum Gasteiger partial charge on any atom is -0.298 e. The molecule has 0 unspecified atom stereocenters. The number of rotatable bonds is 4. The Bertz CT molecular complexity index is 536. The molecule has 1 aromatic rings. The second kappa shape index (κ2) is 5.09. The van der Waals surface area contributed by atoms with Crippen LogP contribution in [0.15, 0.2) is 15.6 Å². The van der Waals surface area contributed by atoms with Crippen molar-refractivity contribution in [2.45, 2.75) is 19.9 Å². The number of sulfone groups is 1. The second-order valence-corrected chi connectivity index (χ2v) is 6.68. The van der Waals surface area contributed by atoms with Gasteiger partial charge in [0.25, 0.3) is 5.56 Å². The average Bonchev–Trinajstić information content (AvgIpc) is 2.16. The molecule has 0 fully saturated rings. The van der Waals surface area contributed by atoms with Crippen LogP contribution in [-0.4, -0.2) is 30.0 Å². The Kier molecular flexibility index (Phi) is 4.26. The molecule has 1 heterocycles. The van der Waals surface area contributed by atoms with E-state index in [1.807, 2.05) is 0 Å². The van der Waals surface area contributed by atoms with Crippen molar-refractivity contribution in [2.75, 3.05) is 12.0 Å². The van der Waals surface area contributed by atoms with Crippen LogP contribution in [0.4, 0.5) is 0 Å². The van der Waals surface area contributed by atoms with Gasteiger partial charge in [0, 0.05) is 12.8 Å². The van der Waals surface area contributed by atoms with Crippen LogP contribution in [0, 0.1) is 6.92 Å². The minimum absolute atomic E-state index is 0.0743. The summed E-state index contributed by atoms with van der Waals surface area (Å²) < 4.78 is 23.7. The molecule has 0 saturated carbocycles. The van der Waals surface area contributed by atoms with Gasteiger partial charge in [0.1, 0.15) is 14.3 Å². The van der Waals surface area contributed by atoms with Gasteiger partial charge in [-0.2, -0.15) is 0 Å². The van der Waals surface area contributed by atoms with Crippen molar-refractivity contribution >= 4 is 25.8 Å². The zero-order valence-electron chi connectivity index (χ0n) is 9.10. The van der Waals surface area contributed by atoms with E-state index in [0.717, 1.165) is 0 Å². The van der Waals surface area contributed by atoms with Gasteiger partial charge >= 0.3 is 0 Å². The monoisotopic (exact) mass is 308 g/mol. The molecule has 0 radical (unpaired) electrons. The number of aryl methyl sites for hydroxylation is 2. The zero-order chi connectivity index (χ0) is 12.3. The SMILES string of the molecule is Cc1ncn(CCCS(C)(=O)=O)c(=O)c1Br. The lowest BCUT2D eigenvalue weighted by molar-refractivity contribution is 0.586. The van der Waals surface area contributed by atoms with Crippen LogP contribution in [0.25, 0.3) is 0 Å². The van der Waals surface area contributed by atoms with E-state index in [1.54, 1.807) is 6.92 Å². The van der Waals surface area contributed by atoms with E-state index < -0.39 is 9.84 Å². The molecule has 0 aromatic carbocycles. The maximum Gasteiger partial charge on any atom is 0.267 e. The second-order valence-electron chi connectivity index (χ2n) is 3.63. The van der Waals surface area contributed by atoms with Crippen LogP contribution in [0.2, 0.25) is 0 Å². The first-order valence-corrected chi connectivity index (χ1v) is 7.56. The Morgan fingerprint density at radius 2 is 2.12 bits per heavy atom. The van der Waals surface area contributed by atoms with Crippen LogP contribution in [0.1, 0.15) is 12.1 Å². The Balaban J connectivity index is 2.77. The molecule has 7 heteroatoms. The first kappa shape index (κ1) is 13.4. The smallest absolute Gasteiger partial charge is 0.267 e. The molecule has 0 atom stereocenters. The number of aromatic nitrogens is 2. The molecular weight excluding hydrogens is 296 g/mol. The van der Waals surface area contributed by atoms with Crippen molar-refractivity contribution in [3.8, 4) is 0 Å². The highest BCUT2D eigenvalue weighted by atomic mass is 79.9. The predicted molar refractivity (Wildman–Crippen MR) is 65.3 cm³/mol. The Hall–Kier alpha value is -0.690. The number of hydrogen-bond acceptors (Lipinski definition) is 4. The van der Waals surface area contributed by atoms with Gasteiger partial charge in [-0.15, -0.1) is 0 Å². The zero-order valence-corrected chi connectivity index (χ0v) is 11.5. The van der Waals surface area contributed by atoms with Gasteiger partial charge in [-0.25, -0.2) is 13.4 Å². The molecular formula is C9H13BrN2O3S. The molecule has 16 heavy (non-hydrogen) atoms. The quantitative estimate of drug-likeness (QED) is 0.823. The summed E-state index contributed by atoms with van der Waals surface area (Å²) in [6, 6.07) is 0. The van der Waals surface area contributed by atoms with Crippen molar-refractivity contribution < 1.29 is 8.42 Å². The van der Waals surface area contributed by atoms with E-state index in [4.69, 9.17) is 0 Å². The summed E-state index contributed by atoms with van der Waals surface area (Å²) >= 11 is 3.15. The maximum absolute atomic E-state index is 11.7. The van der Waals surface area contributed by atoms with Crippen molar-refractivity contribution in [1.82, 2.24) is 9.55 Å². The molecule has 0 bridgehead atoms. The van der Waals surface area contributed by atoms with Gasteiger partial charge in [-0.1, -0.05) is 0 Å². The van der Waals surface area contributed by atoms with Gasteiger partial charge in [0.05, 0.1) is 17.8 Å². The summed E-state index contributed by atoms with van der Waals surface area (Å²) in [6.45, 7) is 2.09. The summed E-state index contributed by atoms with van der Waals surface area (Å²) in [5, 5.41) is 0. The van der Waals surface area contributed by atoms with E-state index in [2.05, 4.69) is 20.9 Å². The van der Waals surface area contributed by atoms with Crippen LogP contribution >= 0.6 is 15.9 Å². The largest absolute Gasteiger partial charge is 0.298 e. The minimum atomic E-state index is -2.97. The summed E-state index contributed by atoms with van der Waals surface area (Å²) in [6.07, 6.45) is 3.03. The van der Waals surface area contributed by atoms with Crippen LogP contribution < -0.4 is 5.56 Å². The summed E-state index contributed by atoms with van der Waals surface area (Å²) in [4.78, 5) is 15.7. The van der Waals surface area contributed by atoms with Gasteiger partial charge in [0.15, 0.2) is 0 Å². The van der Waals surface area contributed by atoms with Gasteiger partial charge < -0.3 is 0 Å². The average molecular weight is 309 g/mol. The third-order valence-electron chi connectivity index (χ3n) is 2.07. The molecule has 5 nitrogen and oxygen atoms in total. The highest BCUT2D eigenvalue weighted by Gasteiger charge is 2.06. The van der Waals surface area contributed by atoms with E-state index in [0.29, 0.717) is 23.1 Å². The molecule has 1 rings (SSSR count). The van der Waals surface area contributed by atoms with Crippen molar-refractivity contribution in [1.29, 1.82) is 0 Å². The molecule has 0 amide bonds. The van der Waals surface area contributed by atoms with Crippen LogP contribution in [0.3, 0.4) is 0 Å². The fraction of sp³-hybridized carbons (Fsp3) is 0.556. The number of hydrogen-bond donors (Lipinski definition) is 0.